The van der Waals surface area contributed by atoms with Gasteiger partial charge in [0.25, 0.3) is 0 Å². The summed E-state index contributed by atoms with van der Waals surface area (Å²) in [4.78, 5) is 25.2. The average Bonchev–Trinajstić information content (AvgIpc) is 3.09. The van der Waals surface area contributed by atoms with Gasteiger partial charge >= 0.3 is 0 Å². The van der Waals surface area contributed by atoms with Crippen LogP contribution in [-0.4, -0.2) is 37.4 Å². The molecule has 0 saturated heterocycles. The zero-order valence-corrected chi connectivity index (χ0v) is 11.2. The zero-order chi connectivity index (χ0) is 13.9. The molecular weight excluding hydrogens is 254 g/mol. The first-order valence-corrected chi connectivity index (χ1v) is 6.36. The van der Waals surface area contributed by atoms with Crippen LogP contribution >= 0.6 is 0 Å². The van der Waals surface area contributed by atoms with Gasteiger partial charge in [0, 0.05) is 19.4 Å². The number of likely N-dealkylation sites (N-methyl/N-ethyl adjacent to an activating group) is 1. The van der Waals surface area contributed by atoms with E-state index in [1.165, 1.54) is 0 Å². The van der Waals surface area contributed by atoms with Crippen molar-refractivity contribution in [3.05, 3.63) is 48.8 Å². The Morgan fingerprint density at radius 2 is 2.20 bits per heavy atom. The lowest BCUT2D eigenvalue weighted by atomic mass is 10.3. The van der Waals surface area contributed by atoms with Crippen molar-refractivity contribution in [2.75, 3.05) is 7.05 Å². The molecule has 0 radical (unpaired) electrons. The van der Waals surface area contributed by atoms with Crippen molar-refractivity contribution in [1.29, 1.82) is 0 Å². The maximum atomic E-state index is 12.2. The molecule has 0 spiro atoms. The highest BCUT2D eigenvalue weighted by Gasteiger charge is 2.12. The van der Waals surface area contributed by atoms with Gasteiger partial charge in [-0.05, 0) is 12.1 Å². The third-order valence-electron chi connectivity index (χ3n) is 3.20. The second-order valence-corrected chi connectivity index (χ2v) is 4.65. The van der Waals surface area contributed by atoms with Crippen molar-refractivity contribution in [3.63, 3.8) is 0 Å². The van der Waals surface area contributed by atoms with E-state index in [1.807, 2.05) is 28.8 Å². The first-order chi connectivity index (χ1) is 9.74. The highest BCUT2D eigenvalue weighted by molar-refractivity contribution is 5.80. The van der Waals surface area contributed by atoms with Crippen LogP contribution in [0.3, 0.4) is 0 Å². The number of imidazole rings is 2. The van der Waals surface area contributed by atoms with Gasteiger partial charge in [0.1, 0.15) is 12.4 Å². The van der Waals surface area contributed by atoms with Gasteiger partial charge in [-0.2, -0.15) is 0 Å². The van der Waals surface area contributed by atoms with Crippen LogP contribution in [0.1, 0.15) is 5.82 Å². The van der Waals surface area contributed by atoms with Gasteiger partial charge in [0.15, 0.2) is 0 Å². The summed E-state index contributed by atoms with van der Waals surface area (Å²) in [6.07, 6.45) is 5.12. The van der Waals surface area contributed by atoms with Gasteiger partial charge in [-0.1, -0.05) is 12.1 Å². The van der Waals surface area contributed by atoms with Crippen molar-refractivity contribution in [2.24, 2.45) is 0 Å². The number of aromatic amines is 1. The second kappa shape index (κ2) is 5.16. The lowest BCUT2D eigenvalue weighted by Gasteiger charge is -2.16. The number of carbonyl (C=O) groups is 1. The topological polar surface area (TPSA) is 66.8 Å². The third kappa shape index (κ3) is 2.40. The molecule has 1 N–H and O–H groups in total. The summed E-state index contributed by atoms with van der Waals surface area (Å²) in [6.45, 7) is 0.746. The third-order valence-corrected chi connectivity index (χ3v) is 3.20. The molecule has 0 bridgehead atoms. The van der Waals surface area contributed by atoms with Crippen LogP contribution in [0.5, 0.6) is 0 Å². The Morgan fingerprint density at radius 1 is 1.35 bits per heavy atom. The molecule has 6 heteroatoms. The molecule has 0 aliphatic rings. The first-order valence-electron chi connectivity index (χ1n) is 6.36. The molecule has 0 saturated carbocycles. The maximum absolute atomic E-state index is 12.2. The van der Waals surface area contributed by atoms with E-state index < -0.39 is 0 Å². The Labute approximate surface area is 116 Å². The average molecular weight is 269 g/mol. The summed E-state index contributed by atoms with van der Waals surface area (Å²) >= 11 is 0. The van der Waals surface area contributed by atoms with E-state index in [0.29, 0.717) is 6.54 Å². The van der Waals surface area contributed by atoms with Gasteiger partial charge in [-0.3, -0.25) is 4.79 Å². The number of rotatable bonds is 4. The largest absolute Gasteiger partial charge is 0.347 e. The first kappa shape index (κ1) is 12.4. The number of carbonyl (C=O) groups excluding carboxylic acids is 1. The zero-order valence-electron chi connectivity index (χ0n) is 11.2. The van der Waals surface area contributed by atoms with Crippen LogP contribution in [-0.2, 0) is 17.9 Å². The molecule has 6 nitrogen and oxygen atoms in total. The van der Waals surface area contributed by atoms with Crippen LogP contribution in [0.15, 0.2) is 43.0 Å². The number of benzene rings is 1. The molecule has 0 aliphatic heterocycles. The fourth-order valence-electron chi connectivity index (χ4n) is 2.10. The van der Waals surface area contributed by atoms with Crippen LogP contribution in [0.2, 0.25) is 0 Å². The predicted octanol–water partition coefficient (Wildman–Crippen LogP) is 1.42. The van der Waals surface area contributed by atoms with Crippen LogP contribution in [0.25, 0.3) is 11.0 Å². The number of nitrogens with zero attached hydrogens (tertiary/aromatic N) is 4. The number of nitrogens with one attached hydrogen (secondary N) is 1. The highest BCUT2D eigenvalue weighted by Crippen LogP contribution is 2.12. The second-order valence-electron chi connectivity index (χ2n) is 4.65. The highest BCUT2D eigenvalue weighted by atomic mass is 16.2. The van der Waals surface area contributed by atoms with Gasteiger partial charge in [-0.15, -0.1) is 0 Å². The van der Waals surface area contributed by atoms with Gasteiger partial charge in [-0.25, -0.2) is 9.97 Å². The Bertz CT molecular complexity index is 716. The Morgan fingerprint density at radius 3 is 3.00 bits per heavy atom. The number of hydrogen-bond acceptors (Lipinski definition) is 3. The van der Waals surface area contributed by atoms with Crippen molar-refractivity contribution >= 4 is 16.9 Å². The maximum Gasteiger partial charge on any atom is 0.242 e. The smallest absolute Gasteiger partial charge is 0.242 e. The molecule has 102 valence electrons. The number of amides is 1. The fraction of sp³-hybridized carbons (Fsp3) is 0.214. The quantitative estimate of drug-likeness (QED) is 0.779. The van der Waals surface area contributed by atoms with Crippen molar-refractivity contribution in [3.8, 4) is 0 Å². The minimum Gasteiger partial charge on any atom is -0.347 e. The van der Waals surface area contributed by atoms with E-state index in [4.69, 9.17) is 0 Å². The van der Waals surface area contributed by atoms with Crippen LogP contribution in [0.4, 0.5) is 0 Å². The number of H-pyrrole nitrogens is 1. The Kier molecular flexibility index (Phi) is 3.20. The lowest BCUT2D eigenvalue weighted by Crippen LogP contribution is -2.30. The van der Waals surface area contributed by atoms with Gasteiger partial charge in [0.2, 0.25) is 5.91 Å². The van der Waals surface area contributed by atoms with E-state index in [9.17, 15) is 4.79 Å². The minimum atomic E-state index is 0.0181. The predicted molar refractivity (Wildman–Crippen MR) is 74.8 cm³/mol. The molecule has 20 heavy (non-hydrogen) atoms. The molecule has 0 fully saturated rings. The standard InChI is InChI=1S/C14H15N5O/c1-18(8-13-15-6-7-16-13)14(20)9-19-10-17-11-4-2-3-5-12(11)19/h2-7,10H,8-9H2,1H3,(H,15,16). The molecule has 3 rings (SSSR count). The summed E-state index contributed by atoms with van der Waals surface area (Å²) < 4.78 is 1.86. The molecular formula is C14H15N5O. The molecule has 2 heterocycles. The van der Waals surface area contributed by atoms with Crippen LogP contribution < -0.4 is 0 Å². The molecule has 1 aromatic carbocycles. The fourth-order valence-corrected chi connectivity index (χ4v) is 2.10. The summed E-state index contributed by atoms with van der Waals surface area (Å²) in [5.74, 6) is 0.792. The van der Waals surface area contributed by atoms with Crippen LogP contribution in [0, 0.1) is 0 Å². The van der Waals surface area contributed by atoms with E-state index in [-0.39, 0.29) is 12.5 Å². The molecule has 2 aromatic heterocycles. The van der Waals surface area contributed by atoms with E-state index in [0.717, 1.165) is 16.9 Å². The number of fused-ring (bicyclic) bond motifs is 1. The van der Waals surface area contributed by atoms with Crippen molar-refractivity contribution in [1.82, 2.24) is 24.4 Å². The molecule has 0 aliphatic carbocycles. The summed E-state index contributed by atoms with van der Waals surface area (Å²) in [5.41, 5.74) is 1.86. The molecule has 1 amide bonds. The van der Waals surface area contributed by atoms with E-state index in [1.54, 1.807) is 30.7 Å². The molecule has 0 unspecified atom stereocenters. The SMILES string of the molecule is CN(Cc1ncc[nH]1)C(=O)Cn1cnc2ccccc21. The number of para-hydroxylation sites is 2. The van der Waals surface area contributed by atoms with Gasteiger partial charge < -0.3 is 14.5 Å². The number of aromatic nitrogens is 4. The minimum absolute atomic E-state index is 0.0181. The summed E-state index contributed by atoms with van der Waals surface area (Å²) in [5, 5.41) is 0. The normalized spacial score (nSPS) is 10.8. The van der Waals surface area contributed by atoms with Crippen molar-refractivity contribution < 1.29 is 4.79 Å². The summed E-state index contributed by atoms with van der Waals surface area (Å²) in [7, 11) is 1.77. The Balaban J connectivity index is 1.72. The summed E-state index contributed by atoms with van der Waals surface area (Å²) in [6, 6.07) is 7.77. The lowest BCUT2D eigenvalue weighted by molar-refractivity contribution is -0.131. The molecule has 3 aromatic rings. The molecule has 0 atom stereocenters. The van der Waals surface area contributed by atoms with E-state index in [2.05, 4.69) is 15.0 Å². The monoisotopic (exact) mass is 269 g/mol. The Hall–Kier alpha value is -2.63. The number of hydrogen-bond donors (Lipinski definition) is 1. The van der Waals surface area contributed by atoms with Gasteiger partial charge in [0.05, 0.1) is 23.9 Å². The van der Waals surface area contributed by atoms with E-state index >= 15 is 0 Å². The van der Waals surface area contributed by atoms with Crippen molar-refractivity contribution in [2.45, 2.75) is 13.1 Å².